The molecule has 0 amide bonds. The number of nitrogens with zero attached hydrogens (tertiary/aromatic N) is 1. The third-order valence-electron chi connectivity index (χ3n) is 5.17. The molecule has 2 heterocycles. The van der Waals surface area contributed by atoms with E-state index in [0.717, 1.165) is 19.3 Å². The second-order valence-corrected chi connectivity index (χ2v) is 8.47. The van der Waals surface area contributed by atoms with Gasteiger partial charge in [-0.05, 0) is 25.0 Å². The van der Waals surface area contributed by atoms with Crippen LogP contribution >= 0.6 is 0 Å². The number of carbonyl (C=O) groups excluding carboxylic acids is 1. The Kier molecular flexibility index (Phi) is 4.11. The lowest BCUT2D eigenvalue weighted by atomic mass is 9.81. The van der Waals surface area contributed by atoms with Crippen molar-refractivity contribution in [3.05, 3.63) is 18.2 Å². The molecule has 1 aliphatic carbocycles. The normalized spacial score (nSPS) is 23.3. The van der Waals surface area contributed by atoms with Crippen LogP contribution in [0, 0.1) is 0 Å². The maximum atomic E-state index is 13.3. The number of carbonyl (C=O) groups is 1. The number of hydrogen-bond donors (Lipinski definition) is 0. The van der Waals surface area contributed by atoms with Crippen molar-refractivity contribution < 1.29 is 27.4 Å². The van der Waals surface area contributed by atoms with Gasteiger partial charge in [0.25, 0.3) is 0 Å². The minimum Gasteiger partial charge on any atom is -0.486 e. The van der Waals surface area contributed by atoms with Crippen molar-refractivity contribution in [2.75, 3.05) is 26.4 Å². The van der Waals surface area contributed by atoms with E-state index < -0.39 is 21.5 Å². The highest BCUT2D eigenvalue weighted by Gasteiger charge is 2.53. The summed E-state index contributed by atoms with van der Waals surface area (Å²) in [4.78, 5) is 12.6. The maximum Gasteiger partial charge on any atom is 0.327 e. The summed E-state index contributed by atoms with van der Waals surface area (Å²) < 4.78 is 44.2. The molecule has 1 aromatic carbocycles. The van der Waals surface area contributed by atoms with Gasteiger partial charge in [0.1, 0.15) is 25.4 Å². The standard InChI is InChI=1S/C17H21NO6S/c19-16-17(6-2-1-3-7-17)18(8-9-24-16)25(20,21)13-4-5-14-15(12-13)23-11-10-22-14/h4-5,12H,1-3,6-11H2. The number of ether oxygens (including phenoxy) is 3. The molecule has 7 nitrogen and oxygen atoms in total. The number of fused-ring (bicyclic) bond motifs is 1. The Morgan fingerprint density at radius 1 is 0.920 bits per heavy atom. The van der Waals surface area contributed by atoms with Gasteiger partial charge in [-0.3, -0.25) is 4.79 Å². The van der Waals surface area contributed by atoms with Crippen molar-refractivity contribution in [1.29, 1.82) is 0 Å². The topological polar surface area (TPSA) is 82.1 Å². The molecule has 4 rings (SSSR count). The fourth-order valence-electron chi connectivity index (χ4n) is 3.92. The molecule has 1 saturated heterocycles. The van der Waals surface area contributed by atoms with Gasteiger partial charge in [-0.2, -0.15) is 4.31 Å². The summed E-state index contributed by atoms with van der Waals surface area (Å²) in [6, 6.07) is 4.61. The van der Waals surface area contributed by atoms with E-state index in [9.17, 15) is 13.2 Å². The molecular weight excluding hydrogens is 346 g/mol. The zero-order valence-electron chi connectivity index (χ0n) is 13.9. The van der Waals surface area contributed by atoms with Crippen molar-refractivity contribution in [1.82, 2.24) is 4.31 Å². The maximum absolute atomic E-state index is 13.3. The van der Waals surface area contributed by atoms with Gasteiger partial charge in [0.05, 0.1) is 4.90 Å². The summed E-state index contributed by atoms with van der Waals surface area (Å²) in [6.07, 6.45) is 3.67. The van der Waals surface area contributed by atoms with Crippen LogP contribution in [0.2, 0.25) is 0 Å². The Hall–Kier alpha value is -1.80. The first kappa shape index (κ1) is 16.7. The molecule has 0 unspecified atom stereocenters. The molecule has 0 N–H and O–H groups in total. The van der Waals surface area contributed by atoms with E-state index in [-0.39, 0.29) is 18.0 Å². The van der Waals surface area contributed by atoms with E-state index in [4.69, 9.17) is 14.2 Å². The zero-order chi connectivity index (χ0) is 17.5. The second kappa shape index (κ2) is 6.17. The molecule has 0 aromatic heterocycles. The molecule has 2 fully saturated rings. The first-order chi connectivity index (χ1) is 12.0. The summed E-state index contributed by atoms with van der Waals surface area (Å²) in [5, 5.41) is 0. The first-order valence-corrected chi connectivity index (χ1v) is 10.1. The van der Waals surface area contributed by atoms with Crippen molar-refractivity contribution in [2.45, 2.75) is 42.5 Å². The lowest BCUT2D eigenvalue weighted by Gasteiger charge is -2.45. The van der Waals surface area contributed by atoms with Crippen LogP contribution in [0.5, 0.6) is 11.5 Å². The smallest absolute Gasteiger partial charge is 0.327 e. The molecule has 0 bridgehead atoms. The lowest BCUT2D eigenvalue weighted by molar-refractivity contribution is -0.165. The van der Waals surface area contributed by atoms with Crippen molar-refractivity contribution >= 4 is 16.0 Å². The molecule has 2 aliphatic heterocycles. The monoisotopic (exact) mass is 367 g/mol. The average Bonchev–Trinajstić information content (AvgIpc) is 2.64. The Morgan fingerprint density at radius 2 is 1.64 bits per heavy atom. The second-order valence-electron chi connectivity index (χ2n) is 6.61. The number of benzene rings is 1. The van der Waals surface area contributed by atoms with E-state index in [1.807, 2.05) is 0 Å². The molecule has 8 heteroatoms. The fraction of sp³-hybridized carbons (Fsp3) is 0.588. The minimum absolute atomic E-state index is 0.0877. The molecule has 3 aliphatic rings. The van der Waals surface area contributed by atoms with Crippen LogP contribution in [0.4, 0.5) is 0 Å². The molecule has 0 atom stereocenters. The zero-order valence-corrected chi connectivity index (χ0v) is 14.7. The highest BCUT2D eigenvalue weighted by atomic mass is 32.2. The van der Waals surface area contributed by atoms with E-state index >= 15 is 0 Å². The molecule has 0 radical (unpaired) electrons. The first-order valence-electron chi connectivity index (χ1n) is 8.64. The van der Waals surface area contributed by atoms with Gasteiger partial charge in [0.15, 0.2) is 11.5 Å². The Bertz CT molecular complexity index is 784. The molecule has 136 valence electrons. The van der Waals surface area contributed by atoms with Gasteiger partial charge >= 0.3 is 5.97 Å². The van der Waals surface area contributed by atoms with Crippen LogP contribution in [0.3, 0.4) is 0 Å². The number of cyclic esters (lactones) is 1. The highest BCUT2D eigenvalue weighted by molar-refractivity contribution is 7.89. The van der Waals surface area contributed by atoms with Crippen LogP contribution < -0.4 is 9.47 Å². The number of morpholine rings is 1. The van der Waals surface area contributed by atoms with Gasteiger partial charge in [-0.1, -0.05) is 19.3 Å². The van der Waals surface area contributed by atoms with Gasteiger partial charge < -0.3 is 14.2 Å². The van der Waals surface area contributed by atoms with E-state index in [1.165, 1.54) is 16.4 Å². The summed E-state index contributed by atoms with van der Waals surface area (Å²) in [7, 11) is -3.84. The quantitative estimate of drug-likeness (QED) is 0.740. The Balaban J connectivity index is 1.74. The fourth-order valence-corrected chi connectivity index (χ4v) is 5.71. The predicted molar refractivity (Wildman–Crippen MR) is 88.1 cm³/mol. The van der Waals surface area contributed by atoms with Gasteiger partial charge in [0, 0.05) is 12.6 Å². The van der Waals surface area contributed by atoms with Crippen LogP contribution in [0.1, 0.15) is 32.1 Å². The number of esters is 1. The number of hydrogen-bond acceptors (Lipinski definition) is 6. The molecule has 1 spiro atoms. The van der Waals surface area contributed by atoms with E-state index in [2.05, 4.69) is 0 Å². The third-order valence-corrected chi connectivity index (χ3v) is 7.13. The van der Waals surface area contributed by atoms with Gasteiger partial charge in [-0.25, -0.2) is 8.42 Å². The summed E-state index contributed by atoms with van der Waals surface area (Å²) >= 11 is 0. The average molecular weight is 367 g/mol. The summed E-state index contributed by atoms with van der Waals surface area (Å²) in [6.45, 7) is 1.10. The molecular formula is C17H21NO6S. The number of rotatable bonds is 2. The summed E-state index contributed by atoms with van der Waals surface area (Å²) in [5.41, 5.74) is -1.07. The molecule has 25 heavy (non-hydrogen) atoms. The Morgan fingerprint density at radius 3 is 2.40 bits per heavy atom. The predicted octanol–water partition coefficient (Wildman–Crippen LogP) is 1.71. The van der Waals surface area contributed by atoms with Gasteiger partial charge in [-0.15, -0.1) is 0 Å². The van der Waals surface area contributed by atoms with Crippen LogP contribution in [-0.4, -0.2) is 50.6 Å². The third kappa shape index (κ3) is 2.67. The lowest BCUT2D eigenvalue weighted by Crippen LogP contribution is -2.62. The summed E-state index contributed by atoms with van der Waals surface area (Å²) in [5.74, 6) is 0.541. The van der Waals surface area contributed by atoms with Gasteiger partial charge in [0.2, 0.25) is 10.0 Å². The van der Waals surface area contributed by atoms with Crippen molar-refractivity contribution in [3.8, 4) is 11.5 Å². The van der Waals surface area contributed by atoms with Crippen LogP contribution in [0.25, 0.3) is 0 Å². The van der Waals surface area contributed by atoms with Crippen LogP contribution in [-0.2, 0) is 19.6 Å². The SMILES string of the molecule is O=C1OCCN(S(=O)(=O)c2ccc3c(c2)OCCO3)C12CCCCC2. The minimum atomic E-state index is -3.84. The number of sulfonamides is 1. The van der Waals surface area contributed by atoms with E-state index in [1.54, 1.807) is 6.07 Å². The van der Waals surface area contributed by atoms with Crippen LogP contribution in [0.15, 0.2) is 23.1 Å². The highest BCUT2D eigenvalue weighted by Crippen LogP contribution is 2.41. The Labute approximate surface area is 146 Å². The van der Waals surface area contributed by atoms with E-state index in [0.29, 0.717) is 37.6 Å². The molecule has 1 aromatic rings. The van der Waals surface area contributed by atoms with Crippen molar-refractivity contribution in [2.24, 2.45) is 0 Å². The molecule has 1 saturated carbocycles. The van der Waals surface area contributed by atoms with Crippen molar-refractivity contribution in [3.63, 3.8) is 0 Å². The largest absolute Gasteiger partial charge is 0.486 e.